The maximum atomic E-state index is 15.6. The van der Waals surface area contributed by atoms with E-state index in [-0.39, 0.29) is 11.1 Å². The molecule has 7 rings (SSSR count). The Bertz CT molecular complexity index is 2390. The lowest BCUT2D eigenvalue weighted by atomic mass is 9.89. The molecule has 0 aliphatic heterocycles. The fourth-order valence-corrected chi connectivity index (χ4v) is 6.67. The van der Waals surface area contributed by atoms with Crippen molar-refractivity contribution in [2.45, 2.75) is 17.8 Å². The first-order valence-corrected chi connectivity index (χ1v) is 15.7. The Morgan fingerprint density at radius 1 is 0.286 bits per heavy atom. The molecule has 0 spiro atoms. The number of benzene rings is 3. The molecule has 0 aliphatic carbocycles. The summed E-state index contributed by atoms with van der Waals surface area (Å²) in [5.74, 6) is -41.6. The lowest BCUT2D eigenvalue weighted by Crippen LogP contribution is -2.16. The fourth-order valence-electron chi connectivity index (χ4n) is 6.67. The Morgan fingerprint density at radius 2 is 0.518 bits per heavy atom. The van der Waals surface area contributed by atoms with Crippen LogP contribution in [0.3, 0.4) is 0 Å². The van der Waals surface area contributed by atoms with Crippen LogP contribution in [-0.2, 0) is 0 Å². The molecule has 0 saturated carbocycles. The molecule has 4 heterocycles. The van der Waals surface area contributed by atoms with Gasteiger partial charge in [0.1, 0.15) is 0 Å². The van der Waals surface area contributed by atoms with Crippen molar-refractivity contribution in [1.29, 1.82) is 0 Å². The van der Waals surface area contributed by atoms with Gasteiger partial charge in [-0.15, -0.1) is 0 Å². The van der Waals surface area contributed by atoms with Crippen LogP contribution in [0.1, 0.15) is 68.3 Å². The average molecular weight is 803 g/mol. The maximum Gasteiger partial charge on any atom is 0.200 e. The SMILES string of the molecule is Fc1c(F)c(F)c(C(c2cc[nH]c2)c2ccc(C(c3ccc(C(c4cc[nH]c4)c4c(F)c(F)c(F)c(F)c4F)[nH]3)c3c(F)c(F)c(F)c(F)c3F)[nH]2)c(F)c1F. The standard InChI is InChI=1S/C37H17F15N4/c38-23-20(24(39)30(45)35(50)29(23)44)17(11-5-7-53-9-11)13-1-3-15(55-13)19(22-27(42)33(48)37(52)34(49)28(22)43)16-4-2-14(56-16)18(12-6-8-54-10-12)21-25(40)31(46)36(51)32(47)26(21)41/h1-10,17-19,53-56H. The largest absolute Gasteiger partial charge is 0.367 e. The quantitative estimate of drug-likeness (QED) is 0.0638. The van der Waals surface area contributed by atoms with Crippen molar-refractivity contribution in [3.8, 4) is 0 Å². The van der Waals surface area contributed by atoms with E-state index in [4.69, 9.17) is 0 Å². The first-order valence-electron chi connectivity index (χ1n) is 15.7. The van der Waals surface area contributed by atoms with E-state index < -0.39 is 144 Å². The Hall–Kier alpha value is -6.27. The Kier molecular flexibility index (Phi) is 9.57. The maximum absolute atomic E-state index is 15.6. The van der Waals surface area contributed by atoms with Gasteiger partial charge in [0, 0.05) is 64.3 Å². The molecule has 0 radical (unpaired) electrons. The summed E-state index contributed by atoms with van der Waals surface area (Å²) in [6.45, 7) is 0. The zero-order chi connectivity index (χ0) is 40.5. The Morgan fingerprint density at radius 3 is 0.768 bits per heavy atom. The van der Waals surface area contributed by atoms with Gasteiger partial charge in [-0.2, -0.15) is 0 Å². The number of halogens is 15. The van der Waals surface area contributed by atoms with E-state index >= 15 is 26.3 Å². The molecule has 19 heteroatoms. The van der Waals surface area contributed by atoms with Gasteiger partial charge < -0.3 is 19.9 Å². The highest BCUT2D eigenvalue weighted by Crippen LogP contribution is 2.43. The molecule has 2 atom stereocenters. The molecule has 56 heavy (non-hydrogen) atoms. The number of aromatic amines is 4. The normalized spacial score (nSPS) is 13.4. The van der Waals surface area contributed by atoms with Gasteiger partial charge in [-0.25, -0.2) is 65.9 Å². The highest BCUT2D eigenvalue weighted by atomic mass is 19.2. The van der Waals surface area contributed by atoms with Crippen LogP contribution in [0.5, 0.6) is 0 Å². The summed E-state index contributed by atoms with van der Waals surface area (Å²) in [6.07, 6.45) is 4.62. The van der Waals surface area contributed by atoms with Gasteiger partial charge in [0.25, 0.3) is 0 Å². The van der Waals surface area contributed by atoms with E-state index in [1.807, 2.05) is 0 Å². The van der Waals surface area contributed by atoms with Crippen molar-refractivity contribution in [3.05, 3.63) is 199 Å². The fraction of sp³-hybridized carbons (Fsp3) is 0.0811. The van der Waals surface area contributed by atoms with Gasteiger partial charge in [0.05, 0.1) is 17.8 Å². The van der Waals surface area contributed by atoms with Crippen LogP contribution in [-0.4, -0.2) is 19.9 Å². The first-order chi connectivity index (χ1) is 26.6. The third-order valence-corrected chi connectivity index (χ3v) is 9.21. The van der Waals surface area contributed by atoms with Crippen molar-refractivity contribution in [1.82, 2.24) is 19.9 Å². The Labute approximate surface area is 302 Å². The van der Waals surface area contributed by atoms with Crippen molar-refractivity contribution < 1.29 is 65.9 Å². The number of hydrogen-bond donors (Lipinski definition) is 4. The second-order valence-electron chi connectivity index (χ2n) is 12.3. The summed E-state index contributed by atoms with van der Waals surface area (Å²) < 4.78 is 222. The van der Waals surface area contributed by atoms with E-state index in [1.165, 1.54) is 24.5 Å². The minimum Gasteiger partial charge on any atom is -0.367 e. The van der Waals surface area contributed by atoms with Crippen LogP contribution in [0.2, 0.25) is 0 Å². The van der Waals surface area contributed by atoms with Gasteiger partial charge in [-0.05, 0) is 47.5 Å². The molecule has 2 unspecified atom stereocenters. The molecular formula is C37H17F15N4. The van der Waals surface area contributed by atoms with Crippen molar-refractivity contribution in [3.63, 3.8) is 0 Å². The molecule has 0 amide bonds. The minimum absolute atomic E-state index is 0.145. The zero-order valence-electron chi connectivity index (χ0n) is 27.2. The molecule has 4 N–H and O–H groups in total. The van der Waals surface area contributed by atoms with Crippen molar-refractivity contribution in [2.75, 3.05) is 0 Å². The van der Waals surface area contributed by atoms with Crippen LogP contribution >= 0.6 is 0 Å². The third kappa shape index (κ3) is 5.83. The van der Waals surface area contributed by atoms with Gasteiger partial charge in [0.2, 0.25) is 17.5 Å². The lowest BCUT2D eigenvalue weighted by Gasteiger charge is -2.21. The van der Waals surface area contributed by atoms with Crippen LogP contribution in [0, 0.1) is 87.3 Å². The van der Waals surface area contributed by atoms with E-state index in [0.717, 1.165) is 36.7 Å². The molecule has 290 valence electrons. The summed E-state index contributed by atoms with van der Waals surface area (Å²) in [4.78, 5) is 10.1. The molecule has 7 aromatic rings. The lowest BCUT2D eigenvalue weighted by molar-refractivity contribution is 0.368. The number of rotatable bonds is 9. The second-order valence-corrected chi connectivity index (χ2v) is 12.3. The smallest absolute Gasteiger partial charge is 0.200 e. The summed E-state index contributed by atoms with van der Waals surface area (Å²) >= 11 is 0. The summed E-state index contributed by atoms with van der Waals surface area (Å²) in [5, 5.41) is 0. The third-order valence-electron chi connectivity index (χ3n) is 9.21. The highest BCUT2D eigenvalue weighted by Gasteiger charge is 2.38. The molecule has 4 aromatic heterocycles. The average Bonchev–Trinajstić information content (AvgIpc) is 4.04. The Balaban J connectivity index is 1.46. The van der Waals surface area contributed by atoms with Crippen LogP contribution in [0.25, 0.3) is 0 Å². The number of nitrogens with one attached hydrogen (secondary N) is 4. The molecule has 0 aliphatic rings. The summed E-state index contributed by atoms with van der Waals surface area (Å²) in [7, 11) is 0. The molecular weight excluding hydrogens is 785 g/mol. The van der Waals surface area contributed by atoms with Crippen LogP contribution in [0.4, 0.5) is 65.9 Å². The topological polar surface area (TPSA) is 63.2 Å². The zero-order valence-corrected chi connectivity index (χ0v) is 27.2. The molecule has 3 aromatic carbocycles. The van der Waals surface area contributed by atoms with E-state index in [0.29, 0.717) is 0 Å². The van der Waals surface area contributed by atoms with Gasteiger partial charge in [0.15, 0.2) is 69.8 Å². The number of hydrogen-bond acceptors (Lipinski definition) is 0. The van der Waals surface area contributed by atoms with E-state index in [2.05, 4.69) is 19.9 Å². The van der Waals surface area contributed by atoms with Gasteiger partial charge in [-0.3, -0.25) is 0 Å². The molecule has 4 nitrogen and oxygen atoms in total. The van der Waals surface area contributed by atoms with Gasteiger partial charge in [-0.1, -0.05) is 0 Å². The second kappa shape index (κ2) is 14.1. The number of H-pyrrole nitrogens is 4. The molecule has 0 bridgehead atoms. The van der Waals surface area contributed by atoms with Crippen LogP contribution < -0.4 is 0 Å². The predicted molar refractivity (Wildman–Crippen MR) is 165 cm³/mol. The van der Waals surface area contributed by atoms with E-state index in [9.17, 15) is 39.5 Å². The first kappa shape index (κ1) is 38.0. The molecule has 0 saturated heterocycles. The summed E-state index contributed by atoms with van der Waals surface area (Å²) in [5.41, 5.74) is -6.69. The van der Waals surface area contributed by atoms with Crippen molar-refractivity contribution in [2.24, 2.45) is 0 Å². The highest BCUT2D eigenvalue weighted by molar-refractivity contribution is 5.49. The van der Waals surface area contributed by atoms with Gasteiger partial charge >= 0.3 is 0 Å². The number of aromatic nitrogens is 4. The predicted octanol–water partition coefficient (Wildman–Crippen LogP) is 10.6. The van der Waals surface area contributed by atoms with E-state index in [1.54, 1.807) is 0 Å². The van der Waals surface area contributed by atoms with Crippen LogP contribution in [0.15, 0.2) is 61.2 Å². The van der Waals surface area contributed by atoms with Crippen molar-refractivity contribution >= 4 is 0 Å². The monoisotopic (exact) mass is 802 g/mol. The minimum atomic E-state index is -2.57. The molecule has 0 fully saturated rings. The summed E-state index contributed by atoms with van der Waals surface area (Å²) in [6, 6.07) is 6.07.